The van der Waals surface area contributed by atoms with Crippen molar-refractivity contribution in [3.8, 4) is 0 Å². The standard InChI is InChI=1S/C74H144O17P2/c1-8-10-11-12-13-14-28-33-41-48-55-71(76)85-62-70(91-74(79)58-51-44-37-36-40-47-54-67(7)9-2)64-89-93(82,83)87-60-68(75)59-86-92(80,81)88-63-69(61-84-72(77)56-49-42-34-29-24-21-17-19-23-27-32-39-46-53-66(5)6)90-73(78)57-50-43-35-30-25-20-16-15-18-22-26-31-38-45-52-65(3)4/h65-70,75H,8-64H2,1-7H3,(H,80,81)(H,82,83)/t67?,68-,69-,70-/m1/s1. The number of phosphoric ester groups is 2. The fraction of sp³-hybridized carbons (Fsp3) is 0.946. The van der Waals surface area contributed by atoms with Crippen LogP contribution in [-0.2, 0) is 65.4 Å². The van der Waals surface area contributed by atoms with Crippen molar-refractivity contribution in [3.63, 3.8) is 0 Å². The summed E-state index contributed by atoms with van der Waals surface area (Å²) in [6.07, 6.45) is 49.9. The molecule has 0 amide bonds. The zero-order valence-electron chi connectivity index (χ0n) is 60.7. The first-order chi connectivity index (χ1) is 44.8. The second-order valence-corrected chi connectivity index (χ2v) is 30.8. The minimum absolute atomic E-state index is 0.103. The van der Waals surface area contributed by atoms with Crippen LogP contribution < -0.4 is 0 Å². The van der Waals surface area contributed by atoms with E-state index in [1.807, 2.05) is 0 Å². The number of ether oxygens (including phenoxy) is 4. The van der Waals surface area contributed by atoms with E-state index in [1.165, 1.54) is 186 Å². The smallest absolute Gasteiger partial charge is 0.462 e. The summed E-state index contributed by atoms with van der Waals surface area (Å²) in [5, 5.41) is 10.6. The monoisotopic (exact) mass is 1370 g/mol. The van der Waals surface area contributed by atoms with Crippen molar-refractivity contribution in [1.29, 1.82) is 0 Å². The van der Waals surface area contributed by atoms with Crippen LogP contribution in [0.25, 0.3) is 0 Å². The summed E-state index contributed by atoms with van der Waals surface area (Å²) in [4.78, 5) is 72.7. The van der Waals surface area contributed by atoms with Crippen LogP contribution in [0.3, 0.4) is 0 Å². The minimum Gasteiger partial charge on any atom is -0.462 e. The van der Waals surface area contributed by atoms with Gasteiger partial charge in [0.15, 0.2) is 12.2 Å². The van der Waals surface area contributed by atoms with Gasteiger partial charge in [0.05, 0.1) is 26.4 Å². The Hall–Kier alpha value is -1.94. The van der Waals surface area contributed by atoms with Crippen LogP contribution in [0.4, 0.5) is 0 Å². The molecule has 0 rings (SSSR count). The SMILES string of the molecule is CCCCCCCCCCCCC(=O)OC[C@H](COP(=O)(O)OC[C@H](O)COP(=O)(O)OC[C@@H](COC(=O)CCCCCCCCCCCCCCCC(C)C)OC(=O)CCCCCCCCCCCCCCCCC(C)C)OC(=O)CCCCCCCCC(C)CC. The number of aliphatic hydroxyl groups is 1. The van der Waals surface area contributed by atoms with Gasteiger partial charge in [-0.2, -0.15) is 0 Å². The maximum atomic E-state index is 13.1. The quantitative estimate of drug-likeness (QED) is 0.0222. The average Bonchev–Trinajstić information content (AvgIpc) is 3.29. The molecule has 3 N–H and O–H groups in total. The molecule has 0 heterocycles. The second kappa shape index (κ2) is 64.7. The van der Waals surface area contributed by atoms with Gasteiger partial charge in [-0.05, 0) is 43.4 Å². The van der Waals surface area contributed by atoms with Gasteiger partial charge in [-0.3, -0.25) is 37.3 Å². The van der Waals surface area contributed by atoms with Crippen LogP contribution in [0, 0.1) is 17.8 Å². The van der Waals surface area contributed by atoms with E-state index in [9.17, 15) is 43.2 Å². The molecule has 0 aromatic heterocycles. The minimum atomic E-state index is -4.96. The first kappa shape index (κ1) is 91.1. The van der Waals surface area contributed by atoms with Crippen molar-refractivity contribution in [2.75, 3.05) is 39.6 Å². The molecule has 0 saturated carbocycles. The summed E-state index contributed by atoms with van der Waals surface area (Å²) in [5.74, 6) is 0.184. The largest absolute Gasteiger partial charge is 0.472 e. The summed E-state index contributed by atoms with van der Waals surface area (Å²) >= 11 is 0. The zero-order valence-corrected chi connectivity index (χ0v) is 62.5. The third kappa shape index (κ3) is 67.0. The highest BCUT2D eigenvalue weighted by atomic mass is 31.2. The number of hydrogen-bond donors (Lipinski definition) is 3. The van der Waals surface area contributed by atoms with Crippen molar-refractivity contribution < 1.29 is 80.2 Å². The molecule has 0 aliphatic carbocycles. The highest BCUT2D eigenvalue weighted by molar-refractivity contribution is 7.47. The van der Waals surface area contributed by atoms with Gasteiger partial charge in [0.1, 0.15) is 19.3 Å². The Morgan fingerprint density at radius 3 is 0.817 bits per heavy atom. The average molecular weight is 1370 g/mol. The third-order valence-electron chi connectivity index (χ3n) is 17.5. The summed E-state index contributed by atoms with van der Waals surface area (Å²) in [6, 6.07) is 0. The fourth-order valence-electron chi connectivity index (χ4n) is 11.2. The predicted molar refractivity (Wildman–Crippen MR) is 377 cm³/mol. The van der Waals surface area contributed by atoms with E-state index >= 15 is 0 Å². The van der Waals surface area contributed by atoms with E-state index < -0.39 is 97.5 Å². The van der Waals surface area contributed by atoms with Crippen molar-refractivity contribution in [3.05, 3.63) is 0 Å². The number of phosphoric acid groups is 2. The van der Waals surface area contributed by atoms with Crippen LogP contribution in [0.1, 0.15) is 376 Å². The molecule has 0 spiro atoms. The van der Waals surface area contributed by atoms with Gasteiger partial charge in [-0.15, -0.1) is 0 Å². The van der Waals surface area contributed by atoms with Gasteiger partial charge in [0.2, 0.25) is 0 Å². The van der Waals surface area contributed by atoms with Crippen LogP contribution in [0.2, 0.25) is 0 Å². The highest BCUT2D eigenvalue weighted by Crippen LogP contribution is 2.45. The van der Waals surface area contributed by atoms with Crippen molar-refractivity contribution in [2.45, 2.75) is 394 Å². The number of aliphatic hydroxyl groups excluding tert-OH is 1. The number of carbonyl (C=O) groups excluding carboxylic acids is 4. The molecule has 3 unspecified atom stereocenters. The summed E-state index contributed by atoms with van der Waals surface area (Å²) < 4.78 is 68.4. The molecule has 93 heavy (non-hydrogen) atoms. The molecule has 0 aliphatic rings. The Bertz CT molecular complexity index is 1820. The van der Waals surface area contributed by atoms with E-state index in [0.717, 1.165) is 108 Å². The molecule has 0 aromatic rings. The first-order valence-corrected chi connectivity index (χ1v) is 41.4. The topological polar surface area (TPSA) is 237 Å². The van der Waals surface area contributed by atoms with Crippen LogP contribution in [0.15, 0.2) is 0 Å². The van der Waals surface area contributed by atoms with Crippen LogP contribution >= 0.6 is 15.6 Å². The van der Waals surface area contributed by atoms with E-state index in [0.29, 0.717) is 25.7 Å². The molecule has 0 radical (unpaired) electrons. The Morgan fingerprint density at radius 2 is 0.548 bits per heavy atom. The van der Waals surface area contributed by atoms with Crippen LogP contribution in [-0.4, -0.2) is 96.7 Å². The summed E-state index contributed by atoms with van der Waals surface area (Å²) in [6.45, 7) is 11.9. The number of carbonyl (C=O) groups is 4. The van der Waals surface area contributed by atoms with Gasteiger partial charge in [-0.1, -0.05) is 325 Å². The molecule has 0 fully saturated rings. The lowest BCUT2D eigenvalue weighted by Crippen LogP contribution is -2.30. The molecular weight excluding hydrogens is 1220 g/mol. The second-order valence-electron chi connectivity index (χ2n) is 27.9. The molecule has 19 heteroatoms. The summed E-state index contributed by atoms with van der Waals surface area (Å²) in [5.41, 5.74) is 0. The molecule has 552 valence electrons. The van der Waals surface area contributed by atoms with Crippen molar-refractivity contribution in [2.24, 2.45) is 17.8 Å². The zero-order chi connectivity index (χ0) is 68.7. The molecule has 0 saturated heterocycles. The molecule has 6 atom stereocenters. The molecule has 0 aromatic carbocycles. The lowest BCUT2D eigenvalue weighted by Gasteiger charge is -2.21. The highest BCUT2D eigenvalue weighted by Gasteiger charge is 2.30. The molecule has 0 aliphatic heterocycles. The Morgan fingerprint density at radius 1 is 0.312 bits per heavy atom. The number of rotatable bonds is 72. The molecular formula is C74H144O17P2. The molecule has 17 nitrogen and oxygen atoms in total. The number of hydrogen-bond acceptors (Lipinski definition) is 15. The van der Waals surface area contributed by atoms with Gasteiger partial charge in [0.25, 0.3) is 0 Å². The van der Waals surface area contributed by atoms with E-state index in [1.54, 1.807) is 0 Å². The Labute approximate surface area is 568 Å². The van der Waals surface area contributed by atoms with Crippen LogP contribution in [0.5, 0.6) is 0 Å². The van der Waals surface area contributed by atoms with Gasteiger partial charge in [-0.25, -0.2) is 9.13 Å². The maximum absolute atomic E-state index is 13.1. The van der Waals surface area contributed by atoms with Gasteiger partial charge >= 0.3 is 39.5 Å². The van der Waals surface area contributed by atoms with E-state index in [-0.39, 0.29) is 25.7 Å². The van der Waals surface area contributed by atoms with E-state index in [4.69, 9.17) is 37.0 Å². The molecule has 0 bridgehead atoms. The van der Waals surface area contributed by atoms with Gasteiger partial charge in [0, 0.05) is 25.7 Å². The third-order valence-corrected chi connectivity index (χ3v) is 19.4. The first-order valence-electron chi connectivity index (χ1n) is 38.4. The fourth-order valence-corrected chi connectivity index (χ4v) is 12.8. The van der Waals surface area contributed by atoms with E-state index in [2.05, 4.69) is 48.5 Å². The lowest BCUT2D eigenvalue weighted by atomic mass is 10.00. The van der Waals surface area contributed by atoms with Crippen molar-refractivity contribution >= 4 is 39.5 Å². The maximum Gasteiger partial charge on any atom is 0.472 e. The number of esters is 4. The Balaban J connectivity index is 5.23. The number of unbranched alkanes of at least 4 members (excludes halogenated alkanes) is 39. The lowest BCUT2D eigenvalue weighted by molar-refractivity contribution is -0.161. The predicted octanol–water partition coefficient (Wildman–Crippen LogP) is 21.4. The van der Waals surface area contributed by atoms with Gasteiger partial charge < -0.3 is 33.8 Å². The summed E-state index contributed by atoms with van der Waals surface area (Å²) in [7, 11) is -9.91. The normalized spacial score (nSPS) is 14.4. The Kier molecular flexibility index (Phi) is 63.4. The van der Waals surface area contributed by atoms with Crippen molar-refractivity contribution in [1.82, 2.24) is 0 Å².